The van der Waals surface area contributed by atoms with Crippen LogP contribution in [0.15, 0.2) is 18.2 Å². The topological polar surface area (TPSA) is 37.4 Å². The first kappa shape index (κ1) is 15.9. The number of nitrogens with zero attached hydrogens (tertiary/aromatic N) is 1. The number of likely N-dealkylation sites (tertiary alicyclic amines) is 1. The number of amides is 1. The van der Waals surface area contributed by atoms with E-state index in [9.17, 15) is 9.59 Å². The van der Waals surface area contributed by atoms with Gasteiger partial charge in [-0.25, -0.2) is 0 Å². The van der Waals surface area contributed by atoms with Gasteiger partial charge in [0.15, 0.2) is 0 Å². The molecule has 2 bridgehead atoms. The monoisotopic (exact) mass is 325 g/mol. The molecular formula is C21H27NO2. The number of carbonyl (C=O) groups is 2. The lowest BCUT2D eigenvalue weighted by Gasteiger charge is -2.33. The second-order valence-electron chi connectivity index (χ2n) is 8.08. The third-order valence-electron chi connectivity index (χ3n) is 6.61. The zero-order valence-corrected chi connectivity index (χ0v) is 14.8. The molecule has 1 heterocycles. The summed E-state index contributed by atoms with van der Waals surface area (Å²) in [6.45, 7) is 5.14. The summed E-state index contributed by atoms with van der Waals surface area (Å²) >= 11 is 0. The van der Waals surface area contributed by atoms with E-state index in [1.165, 1.54) is 16.7 Å². The first-order valence-electron chi connectivity index (χ1n) is 9.46. The van der Waals surface area contributed by atoms with Gasteiger partial charge in [0.25, 0.3) is 0 Å². The molecule has 128 valence electrons. The molecule has 2 aliphatic carbocycles. The zero-order valence-electron chi connectivity index (χ0n) is 14.8. The highest BCUT2D eigenvalue weighted by Gasteiger charge is 2.45. The summed E-state index contributed by atoms with van der Waals surface area (Å²) in [6.07, 6.45) is 5.75. The molecule has 3 nitrogen and oxygen atoms in total. The summed E-state index contributed by atoms with van der Waals surface area (Å²) in [6, 6.07) is 6.84. The van der Waals surface area contributed by atoms with Crippen molar-refractivity contribution < 1.29 is 9.59 Å². The predicted molar refractivity (Wildman–Crippen MR) is 93.5 cm³/mol. The lowest BCUT2D eigenvalue weighted by atomic mass is 9.79. The first-order chi connectivity index (χ1) is 11.5. The van der Waals surface area contributed by atoms with Gasteiger partial charge in [0.1, 0.15) is 5.78 Å². The molecule has 4 rings (SSSR count). The van der Waals surface area contributed by atoms with Crippen LogP contribution in [0.3, 0.4) is 0 Å². The number of fused-ring (bicyclic) bond motifs is 2. The molecule has 0 spiro atoms. The molecule has 0 aromatic heterocycles. The van der Waals surface area contributed by atoms with Crippen LogP contribution in [0.25, 0.3) is 0 Å². The van der Waals surface area contributed by atoms with E-state index in [1.54, 1.807) is 0 Å². The molecule has 3 unspecified atom stereocenters. The van der Waals surface area contributed by atoms with Crippen LogP contribution in [-0.4, -0.2) is 23.1 Å². The van der Waals surface area contributed by atoms with E-state index in [0.717, 1.165) is 45.1 Å². The number of Topliss-reactive ketones (excluding diaryl/α,β-unsaturated/α-hetero) is 1. The van der Waals surface area contributed by atoms with Gasteiger partial charge < -0.3 is 4.90 Å². The van der Waals surface area contributed by atoms with Gasteiger partial charge in [0.2, 0.25) is 5.91 Å². The summed E-state index contributed by atoms with van der Waals surface area (Å²) in [5.41, 5.74) is 3.88. The van der Waals surface area contributed by atoms with Gasteiger partial charge in [-0.1, -0.05) is 18.2 Å². The Kier molecular flexibility index (Phi) is 3.98. The number of hydrogen-bond donors (Lipinski definition) is 0. The Balaban J connectivity index is 1.53. The fourth-order valence-electron chi connectivity index (χ4n) is 5.06. The van der Waals surface area contributed by atoms with Gasteiger partial charge in [0.05, 0.1) is 6.04 Å². The third kappa shape index (κ3) is 2.58. The number of carbonyl (C=O) groups excluding carboxylic acids is 2. The van der Waals surface area contributed by atoms with Gasteiger partial charge in [-0.3, -0.25) is 9.59 Å². The van der Waals surface area contributed by atoms with Gasteiger partial charge in [-0.15, -0.1) is 0 Å². The average molecular weight is 325 g/mol. The van der Waals surface area contributed by atoms with E-state index < -0.39 is 0 Å². The van der Waals surface area contributed by atoms with E-state index in [2.05, 4.69) is 36.9 Å². The van der Waals surface area contributed by atoms with Crippen molar-refractivity contribution in [3.05, 3.63) is 34.9 Å². The highest BCUT2D eigenvalue weighted by Crippen LogP contribution is 2.44. The maximum atomic E-state index is 13.2. The van der Waals surface area contributed by atoms with Crippen LogP contribution in [-0.2, 0) is 9.59 Å². The molecule has 3 aliphatic rings. The number of benzene rings is 1. The largest absolute Gasteiger partial charge is 0.335 e. The van der Waals surface area contributed by atoms with Crippen molar-refractivity contribution in [2.75, 3.05) is 6.54 Å². The summed E-state index contributed by atoms with van der Waals surface area (Å²) in [5.74, 6) is 1.15. The van der Waals surface area contributed by atoms with Crippen LogP contribution in [0.1, 0.15) is 61.3 Å². The van der Waals surface area contributed by atoms with Gasteiger partial charge >= 0.3 is 0 Å². The van der Waals surface area contributed by atoms with Gasteiger partial charge in [-0.2, -0.15) is 0 Å². The molecule has 1 aromatic carbocycles. The van der Waals surface area contributed by atoms with Crippen LogP contribution in [0.5, 0.6) is 0 Å². The number of aryl methyl sites for hydroxylation is 2. The Hall–Kier alpha value is -1.64. The van der Waals surface area contributed by atoms with E-state index in [4.69, 9.17) is 0 Å². The van der Waals surface area contributed by atoms with Crippen molar-refractivity contribution in [3.8, 4) is 0 Å². The molecule has 1 amide bonds. The Morgan fingerprint density at radius 1 is 1.04 bits per heavy atom. The smallest absolute Gasteiger partial charge is 0.226 e. The maximum absolute atomic E-state index is 13.2. The molecule has 1 aliphatic heterocycles. The molecule has 0 radical (unpaired) electrons. The normalized spacial score (nSPS) is 32.4. The Bertz CT molecular complexity index is 664. The van der Waals surface area contributed by atoms with E-state index in [0.29, 0.717) is 11.7 Å². The molecule has 24 heavy (non-hydrogen) atoms. The minimum atomic E-state index is 0.0762. The first-order valence-corrected chi connectivity index (χ1v) is 9.46. The van der Waals surface area contributed by atoms with Gasteiger partial charge in [-0.05, 0) is 69.1 Å². The minimum Gasteiger partial charge on any atom is -0.335 e. The third-order valence-corrected chi connectivity index (χ3v) is 6.61. The summed E-state index contributed by atoms with van der Waals surface area (Å²) in [4.78, 5) is 27.4. The second kappa shape index (κ2) is 6.02. The van der Waals surface area contributed by atoms with E-state index in [-0.39, 0.29) is 23.8 Å². The fourth-order valence-corrected chi connectivity index (χ4v) is 5.06. The molecule has 0 N–H and O–H groups in total. The summed E-state index contributed by atoms with van der Waals surface area (Å²) < 4.78 is 0. The van der Waals surface area contributed by atoms with Crippen LogP contribution < -0.4 is 0 Å². The highest BCUT2D eigenvalue weighted by molar-refractivity contribution is 5.89. The maximum Gasteiger partial charge on any atom is 0.226 e. The molecule has 1 aromatic rings. The van der Waals surface area contributed by atoms with Crippen LogP contribution in [0.4, 0.5) is 0 Å². The van der Waals surface area contributed by atoms with E-state index >= 15 is 0 Å². The summed E-state index contributed by atoms with van der Waals surface area (Å²) in [5, 5.41) is 0. The quantitative estimate of drug-likeness (QED) is 0.825. The molecule has 3 fully saturated rings. The Labute approximate surface area is 144 Å². The Morgan fingerprint density at radius 3 is 2.42 bits per heavy atom. The van der Waals surface area contributed by atoms with Crippen LogP contribution in [0, 0.1) is 31.6 Å². The van der Waals surface area contributed by atoms with Crippen molar-refractivity contribution in [1.29, 1.82) is 0 Å². The molecule has 2 saturated carbocycles. The second-order valence-corrected chi connectivity index (χ2v) is 8.08. The number of ketones is 1. The van der Waals surface area contributed by atoms with Crippen molar-refractivity contribution in [1.82, 2.24) is 4.90 Å². The zero-order chi connectivity index (χ0) is 16.8. The van der Waals surface area contributed by atoms with Crippen molar-refractivity contribution in [3.63, 3.8) is 0 Å². The van der Waals surface area contributed by atoms with Crippen molar-refractivity contribution >= 4 is 11.7 Å². The SMILES string of the molecule is Cc1ccc(C2CCCN2C(=O)C2CC3CCC(C2)C3=O)cc1C. The Morgan fingerprint density at radius 2 is 1.75 bits per heavy atom. The molecule has 1 saturated heterocycles. The lowest BCUT2D eigenvalue weighted by molar-refractivity contribution is -0.140. The van der Waals surface area contributed by atoms with E-state index in [1.807, 2.05) is 0 Å². The molecular weight excluding hydrogens is 298 g/mol. The summed E-state index contributed by atoms with van der Waals surface area (Å²) in [7, 11) is 0. The average Bonchev–Trinajstić information content (AvgIpc) is 3.11. The molecule has 3 atom stereocenters. The number of rotatable bonds is 2. The lowest BCUT2D eigenvalue weighted by Crippen LogP contribution is -2.40. The fraction of sp³-hybridized carbons (Fsp3) is 0.619. The highest BCUT2D eigenvalue weighted by atomic mass is 16.2. The van der Waals surface area contributed by atoms with Gasteiger partial charge in [0, 0.05) is 24.3 Å². The predicted octanol–water partition coefficient (Wildman–Crippen LogP) is 3.97. The standard InChI is InChI=1S/C21H27NO2/c1-13-5-6-15(10-14(13)2)19-4-3-9-22(19)21(24)18-11-16-7-8-17(12-18)20(16)23/h5-6,10,16-19H,3-4,7-9,11-12H2,1-2H3. The van der Waals surface area contributed by atoms with Crippen LogP contribution in [0.2, 0.25) is 0 Å². The number of hydrogen-bond acceptors (Lipinski definition) is 2. The van der Waals surface area contributed by atoms with Crippen LogP contribution >= 0.6 is 0 Å². The van der Waals surface area contributed by atoms with Crippen molar-refractivity contribution in [2.45, 2.75) is 58.4 Å². The molecule has 3 heteroatoms. The minimum absolute atomic E-state index is 0.0762. The van der Waals surface area contributed by atoms with Crippen molar-refractivity contribution in [2.24, 2.45) is 17.8 Å².